The largest absolute Gasteiger partial charge is 0.440 e. The highest BCUT2D eigenvalue weighted by Gasteiger charge is 2.19. The normalized spacial score (nSPS) is 12.3. The van der Waals surface area contributed by atoms with E-state index in [2.05, 4.69) is 29.3 Å². The van der Waals surface area contributed by atoms with Gasteiger partial charge in [0.2, 0.25) is 0 Å². The molecular formula is C18H23N3O3. The third-order valence-corrected chi connectivity index (χ3v) is 3.63. The molecule has 0 aliphatic heterocycles. The summed E-state index contributed by atoms with van der Waals surface area (Å²) in [5.74, 6) is 1.02. The molecule has 24 heavy (non-hydrogen) atoms. The number of anilines is 1. The fourth-order valence-corrected chi connectivity index (χ4v) is 2.36. The number of hydrazone groups is 1. The van der Waals surface area contributed by atoms with Crippen LogP contribution in [-0.2, 0) is 9.53 Å². The first-order chi connectivity index (χ1) is 11.7. The number of hydrogen-bond donors (Lipinski definition) is 1. The molecule has 1 aromatic carbocycles. The van der Waals surface area contributed by atoms with Gasteiger partial charge in [0.25, 0.3) is 5.91 Å². The van der Waals surface area contributed by atoms with Crippen molar-refractivity contribution in [2.24, 2.45) is 5.10 Å². The lowest BCUT2D eigenvalue weighted by Gasteiger charge is -2.16. The van der Waals surface area contributed by atoms with Crippen molar-refractivity contribution in [3.05, 3.63) is 53.8 Å². The number of hydrogen-bond acceptors (Lipinski definition) is 5. The fourth-order valence-electron chi connectivity index (χ4n) is 2.36. The second-order valence-electron chi connectivity index (χ2n) is 5.11. The number of amides is 1. The summed E-state index contributed by atoms with van der Waals surface area (Å²) < 4.78 is 10.9. The number of benzene rings is 1. The van der Waals surface area contributed by atoms with Crippen LogP contribution in [0.25, 0.3) is 0 Å². The molecule has 0 unspecified atom stereocenters. The van der Waals surface area contributed by atoms with Gasteiger partial charge in [-0.15, -0.1) is 0 Å². The van der Waals surface area contributed by atoms with Crippen LogP contribution in [0.1, 0.15) is 31.3 Å². The van der Waals surface area contributed by atoms with Gasteiger partial charge >= 0.3 is 0 Å². The van der Waals surface area contributed by atoms with E-state index in [1.807, 2.05) is 42.5 Å². The van der Waals surface area contributed by atoms with E-state index in [1.54, 1.807) is 0 Å². The van der Waals surface area contributed by atoms with Crippen molar-refractivity contribution in [3.8, 4) is 0 Å². The van der Waals surface area contributed by atoms with Crippen LogP contribution in [0.15, 0.2) is 52.0 Å². The topological polar surface area (TPSA) is 67.1 Å². The highest BCUT2D eigenvalue weighted by Crippen LogP contribution is 2.17. The van der Waals surface area contributed by atoms with Gasteiger partial charge in [0.05, 0.1) is 6.21 Å². The second-order valence-corrected chi connectivity index (χ2v) is 5.11. The van der Waals surface area contributed by atoms with Crippen molar-refractivity contribution >= 4 is 18.0 Å². The van der Waals surface area contributed by atoms with Crippen LogP contribution >= 0.6 is 0 Å². The monoisotopic (exact) mass is 329 g/mol. The Balaban J connectivity index is 1.97. The number of nitrogens with zero attached hydrogens (tertiary/aromatic N) is 2. The lowest BCUT2D eigenvalue weighted by molar-refractivity contribution is -0.131. The van der Waals surface area contributed by atoms with Gasteiger partial charge < -0.3 is 14.1 Å². The highest BCUT2D eigenvalue weighted by atomic mass is 16.5. The Bertz CT molecular complexity index is 663. The molecule has 128 valence electrons. The summed E-state index contributed by atoms with van der Waals surface area (Å²) in [4.78, 5) is 14.3. The van der Waals surface area contributed by atoms with E-state index in [0.717, 1.165) is 24.5 Å². The molecule has 6 nitrogen and oxygen atoms in total. The average molecular weight is 329 g/mol. The van der Waals surface area contributed by atoms with Crippen LogP contribution in [-0.4, -0.2) is 32.3 Å². The lowest BCUT2D eigenvalue weighted by Crippen LogP contribution is -2.26. The van der Waals surface area contributed by atoms with Crippen LogP contribution in [0.3, 0.4) is 0 Å². The number of ether oxygens (including phenoxy) is 1. The third kappa shape index (κ3) is 4.45. The van der Waals surface area contributed by atoms with E-state index in [9.17, 15) is 4.79 Å². The van der Waals surface area contributed by atoms with Gasteiger partial charge in [-0.05, 0) is 25.5 Å². The molecule has 1 atom stereocenters. The minimum atomic E-state index is -0.703. The number of furan rings is 1. The molecule has 0 bridgehead atoms. The van der Waals surface area contributed by atoms with Crippen molar-refractivity contribution in [2.75, 3.05) is 25.1 Å². The zero-order valence-corrected chi connectivity index (χ0v) is 14.2. The Morgan fingerprint density at radius 3 is 2.58 bits per heavy atom. The maximum atomic E-state index is 12.2. The van der Waals surface area contributed by atoms with Crippen LogP contribution in [0.4, 0.5) is 5.88 Å². The summed E-state index contributed by atoms with van der Waals surface area (Å²) >= 11 is 0. The molecular weight excluding hydrogens is 306 g/mol. The van der Waals surface area contributed by atoms with Gasteiger partial charge in [0.1, 0.15) is 5.76 Å². The SMILES string of the molecule is CCN(CC)c1ccc(/C=N\NC(=O)[C@@H](OC)c2ccccc2)o1. The minimum Gasteiger partial charge on any atom is -0.440 e. The zero-order valence-electron chi connectivity index (χ0n) is 14.2. The summed E-state index contributed by atoms with van der Waals surface area (Å²) in [6.45, 7) is 5.86. The second kappa shape index (κ2) is 8.88. The van der Waals surface area contributed by atoms with Crippen molar-refractivity contribution in [1.29, 1.82) is 0 Å². The van der Waals surface area contributed by atoms with Crippen molar-refractivity contribution < 1.29 is 13.9 Å². The molecule has 2 aromatic rings. The predicted octanol–water partition coefficient (Wildman–Crippen LogP) is 2.96. The molecule has 1 N–H and O–H groups in total. The van der Waals surface area contributed by atoms with Gasteiger partial charge in [0.15, 0.2) is 12.0 Å². The molecule has 0 saturated carbocycles. The molecule has 1 heterocycles. The quantitative estimate of drug-likeness (QED) is 0.597. The summed E-state index contributed by atoms with van der Waals surface area (Å²) in [6, 6.07) is 13.0. The van der Waals surface area contributed by atoms with Crippen LogP contribution in [0.5, 0.6) is 0 Å². The first-order valence-electron chi connectivity index (χ1n) is 7.95. The standard InChI is InChI=1S/C18H23N3O3/c1-4-21(5-2)16-12-11-15(24-16)13-19-20-18(22)17(23-3)14-9-7-6-8-10-14/h6-13,17H,4-5H2,1-3H3,(H,20,22)/b19-13-/t17-/m0/s1. The summed E-state index contributed by atoms with van der Waals surface area (Å²) in [5, 5.41) is 3.94. The first-order valence-corrected chi connectivity index (χ1v) is 7.95. The van der Waals surface area contributed by atoms with Gasteiger partial charge in [0, 0.05) is 26.3 Å². The molecule has 1 aromatic heterocycles. The Hall–Kier alpha value is -2.60. The van der Waals surface area contributed by atoms with Crippen molar-refractivity contribution in [2.45, 2.75) is 20.0 Å². The smallest absolute Gasteiger partial charge is 0.273 e. The van der Waals surface area contributed by atoms with Gasteiger partial charge in [-0.25, -0.2) is 5.43 Å². The van der Waals surface area contributed by atoms with Gasteiger partial charge in [-0.3, -0.25) is 4.79 Å². The maximum Gasteiger partial charge on any atom is 0.273 e. The lowest BCUT2D eigenvalue weighted by atomic mass is 10.1. The van der Waals surface area contributed by atoms with E-state index >= 15 is 0 Å². The fraction of sp³-hybridized carbons (Fsp3) is 0.333. The molecule has 0 fully saturated rings. The highest BCUT2D eigenvalue weighted by molar-refractivity contribution is 5.84. The predicted molar refractivity (Wildman–Crippen MR) is 94.2 cm³/mol. The Kier molecular flexibility index (Phi) is 6.57. The number of carbonyl (C=O) groups is 1. The summed E-state index contributed by atoms with van der Waals surface area (Å²) in [5.41, 5.74) is 3.25. The summed E-state index contributed by atoms with van der Waals surface area (Å²) in [6.07, 6.45) is 0.772. The van der Waals surface area contributed by atoms with Crippen LogP contribution < -0.4 is 10.3 Å². The molecule has 2 rings (SSSR count). The zero-order chi connectivity index (χ0) is 17.4. The molecule has 0 aliphatic carbocycles. The number of carbonyl (C=O) groups excluding carboxylic acids is 1. The third-order valence-electron chi connectivity index (χ3n) is 3.63. The van der Waals surface area contributed by atoms with Crippen molar-refractivity contribution in [3.63, 3.8) is 0 Å². The van der Waals surface area contributed by atoms with E-state index in [-0.39, 0.29) is 5.91 Å². The van der Waals surface area contributed by atoms with E-state index in [1.165, 1.54) is 13.3 Å². The molecule has 1 amide bonds. The number of rotatable bonds is 8. The van der Waals surface area contributed by atoms with E-state index in [4.69, 9.17) is 9.15 Å². The number of nitrogens with one attached hydrogen (secondary N) is 1. The molecule has 0 spiro atoms. The molecule has 0 aliphatic rings. The molecule has 0 saturated heterocycles. The van der Waals surface area contributed by atoms with E-state index < -0.39 is 6.10 Å². The Morgan fingerprint density at radius 2 is 1.96 bits per heavy atom. The first kappa shape index (κ1) is 17.7. The van der Waals surface area contributed by atoms with E-state index in [0.29, 0.717) is 5.76 Å². The maximum absolute atomic E-state index is 12.2. The molecule has 6 heteroatoms. The van der Waals surface area contributed by atoms with Crippen LogP contribution in [0.2, 0.25) is 0 Å². The summed E-state index contributed by atoms with van der Waals surface area (Å²) in [7, 11) is 1.49. The van der Waals surface area contributed by atoms with Gasteiger partial charge in [-0.2, -0.15) is 5.10 Å². The number of methoxy groups -OCH3 is 1. The molecule has 0 radical (unpaired) electrons. The Labute approximate surface area is 142 Å². The van der Waals surface area contributed by atoms with Gasteiger partial charge in [-0.1, -0.05) is 30.3 Å². The Morgan fingerprint density at radius 1 is 1.25 bits per heavy atom. The average Bonchev–Trinajstić information content (AvgIpc) is 3.06. The van der Waals surface area contributed by atoms with Crippen molar-refractivity contribution in [1.82, 2.24) is 5.43 Å². The van der Waals surface area contributed by atoms with Crippen LogP contribution in [0, 0.1) is 0 Å². The minimum absolute atomic E-state index is 0.338.